The molecule has 1 heterocycles. The van der Waals surface area contributed by atoms with Crippen LogP contribution in [0.15, 0.2) is 24.3 Å². The van der Waals surface area contributed by atoms with Crippen molar-refractivity contribution in [3.05, 3.63) is 44.3 Å². The number of aromatic nitrogens is 1. The zero-order valence-electron chi connectivity index (χ0n) is 9.41. The quantitative estimate of drug-likeness (QED) is 0.794. The first kappa shape index (κ1) is 15.1. The zero-order valence-corrected chi connectivity index (χ0v) is 11.7. The maximum Gasteiger partial charge on any atom is 0.439 e. The van der Waals surface area contributed by atoms with Crippen LogP contribution in [0.5, 0.6) is 0 Å². The molecule has 0 bridgehead atoms. The van der Waals surface area contributed by atoms with Gasteiger partial charge in [-0.2, -0.15) is 18.2 Å². The number of aromatic carboxylic acids is 1. The van der Waals surface area contributed by atoms with Crippen molar-refractivity contribution in [2.75, 3.05) is 0 Å². The summed E-state index contributed by atoms with van der Waals surface area (Å²) in [6.45, 7) is 0. The Morgan fingerprint density at radius 3 is 2.20 bits per heavy atom. The number of carbonyl (C=O) groups is 1. The number of rotatable bonds is 2. The molecule has 1 N–H and O–H groups in total. The largest absolute Gasteiger partial charge is 0.474 e. The van der Waals surface area contributed by atoms with E-state index in [9.17, 15) is 18.0 Å². The van der Waals surface area contributed by atoms with E-state index in [0.717, 1.165) is 0 Å². The highest BCUT2D eigenvalue weighted by molar-refractivity contribution is 7.43. The summed E-state index contributed by atoms with van der Waals surface area (Å²) in [4.78, 5) is 13.8. The van der Waals surface area contributed by atoms with Crippen molar-refractivity contribution in [2.24, 2.45) is 0 Å². The lowest BCUT2D eigenvalue weighted by Crippen LogP contribution is -2.11. The predicted octanol–water partition coefficient (Wildman–Crippen LogP) is 4.84. The highest BCUT2D eigenvalue weighted by atomic mass is 35.5. The fourth-order valence-electron chi connectivity index (χ4n) is 1.53. The van der Waals surface area contributed by atoms with Crippen LogP contribution in [0.25, 0.3) is 4.90 Å². The van der Waals surface area contributed by atoms with Crippen LogP contribution in [0.3, 0.4) is 0 Å². The average molecular weight is 343 g/mol. The lowest BCUT2D eigenvalue weighted by Gasteiger charge is -2.00. The van der Waals surface area contributed by atoms with Gasteiger partial charge >= 0.3 is 16.6 Å². The van der Waals surface area contributed by atoms with E-state index in [2.05, 4.69) is 4.98 Å². The van der Waals surface area contributed by atoms with Gasteiger partial charge in [-0.1, -0.05) is 11.6 Å². The van der Waals surface area contributed by atoms with Gasteiger partial charge in [-0.3, -0.25) is 0 Å². The normalized spacial score (nSPS) is 12.6. The van der Waals surface area contributed by atoms with Crippen LogP contribution in [-0.4, -0.2) is 16.1 Å². The molecule has 9 heteroatoms. The van der Waals surface area contributed by atoms with Crippen molar-refractivity contribution in [2.45, 2.75) is 6.18 Å². The summed E-state index contributed by atoms with van der Waals surface area (Å²) < 4.78 is 38.0. The standard InChI is InChI=1S/C11H4Cl2F3NO2S/c12-5-1-3-6(4-2-5)20-7(9(18)19)8(11(14,15)16)17-10(20)13/h1-4H/p+1. The molecular formula is C11H5Cl2F3NO2S+. The molecule has 1 atom stereocenters. The third-order valence-corrected chi connectivity index (χ3v) is 5.05. The van der Waals surface area contributed by atoms with Crippen LogP contribution < -0.4 is 0 Å². The molecule has 1 aromatic carbocycles. The number of benzene rings is 1. The van der Waals surface area contributed by atoms with Crippen molar-refractivity contribution < 1.29 is 23.1 Å². The summed E-state index contributed by atoms with van der Waals surface area (Å²) in [7, 11) is -1.57. The molecule has 20 heavy (non-hydrogen) atoms. The van der Waals surface area contributed by atoms with Gasteiger partial charge in [0, 0.05) is 5.02 Å². The molecule has 0 aliphatic rings. The third kappa shape index (κ3) is 2.74. The summed E-state index contributed by atoms with van der Waals surface area (Å²) in [5, 5.41) is 9.42. The molecule has 106 valence electrons. The van der Waals surface area contributed by atoms with Crippen LogP contribution in [0.1, 0.15) is 15.4 Å². The third-order valence-electron chi connectivity index (χ3n) is 2.30. The van der Waals surface area contributed by atoms with Crippen molar-refractivity contribution in [1.82, 2.24) is 4.98 Å². The predicted molar refractivity (Wildman–Crippen MR) is 70.0 cm³/mol. The molecule has 0 aliphatic carbocycles. The summed E-state index contributed by atoms with van der Waals surface area (Å²) in [6, 6.07) is 5.73. The molecular weight excluding hydrogens is 338 g/mol. The number of nitrogens with zero attached hydrogens (tertiary/aromatic N) is 1. The van der Waals surface area contributed by atoms with Gasteiger partial charge in [0.2, 0.25) is 5.69 Å². The molecule has 0 aliphatic heterocycles. The van der Waals surface area contributed by atoms with Gasteiger partial charge in [0.05, 0.1) is 10.5 Å². The van der Waals surface area contributed by atoms with Gasteiger partial charge in [-0.05, 0) is 35.9 Å². The topological polar surface area (TPSA) is 50.2 Å². The minimum Gasteiger partial charge on any atom is -0.474 e. The fraction of sp³-hybridized carbons (Fsp3) is 0.0909. The molecule has 0 saturated carbocycles. The second kappa shape index (κ2) is 5.23. The number of carboxylic acid groups (broad SMARTS) is 1. The highest BCUT2D eigenvalue weighted by Gasteiger charge is 2.47. The minimum atomic E-state index is -4.87. The Hall–Kier alpha value is -1.31. The van der Waals surface area contributed by atoms with Gasteiger partial charge in [-0.15, -0.1) is 0 Å². The maximum atomic E-state index is 12.8. The molecule has 2 rings (SSSR count). The number of alkyl halides is 3. The van der Waals surface area contributed by atoms with Gasteiger partial charge < -0.3 is 5.11 Å². The second-order valence-electron chi connectivity index (χ2n) is 3.61. The number of hydrogen-bond donors (Lipinski definition) is 1. The van der Waals surface area contributed by atoms with Gasteiger partial charge in [-0.25, -0.2) is 4.79 Å². The minimum absolute atomic E-state index is 0.305. The summed E-state index contributed by atoms with van der Waals surface area (Å²) in [6.07, 6.45) is -4.87. The zero-order chi connectivity index (χ0) is 15.1. The number of halogens is 5. The van der Waals surface area contributed by atoms with E-state index >= 15 is 0 Å². The van der Waals surface area contributed by atoms with Crippen LogP contribution >= 0.6 is 33.7 Å². The first-order valence-electron chi connectivity index (χ1n) is 5.00. The van der Waals surface area contributed by atoms with E-state index in [0.29, 0.717) is 9.92 Å². The highest BCUT2D eigenvalue weighted by Crippen LogP contribution is 2.47. The van der Waals surface area contributed by atoms with Gasteiger partial charge in [0.25, 0.3) is 4.88 Å². The van der Waals surface area contributed by atoms with Crippen molar-refractivity contribution in [3.8, 4) is 4.90 Å². The van der Waals surface area contributed by atoms with Crippen molar-refractivity contribution in [3.63, 3.8) is 0 Å². The monoisotopic (exact) mass is 342 g/mol. The summed E-state index contributed by atoms with van der Waals surface area (Å²) in [5.74, 6) is -1.70. The smallest absolute Gasteiger partial charge is 0.439 e. The van der Waals surface area contributed by atoms with E-state index in [-0.39, 0.29) is 0 Å². The first-order valence-corrected chi connectivity index (χ1v) is 6.98. The van der Waals surface area contributed by atoms with Crippen LogP contribution in [0, 0.1) is 0 Å². The van der Waals surface area contributed by atoms with E-state index < -0.39 is 37.7 Å². The fourth-order valence-corrected chi connectivity index (χ4v) is 3.96. The summed E-state index contributed by atoms with van der Waals surface area (Å²) in [5.41, 5.74) is -1.46. The molecule has 0 saturated heterocycles. The number of hydrogen-bond acceptors (Lipinski definition) is 2. The second-order valence-corrected chi connectivity index (χ2v) is 6.50. The SMILES string of the molecule is O=C(O)c1c(C(F)(F)F)nc(Cl)[s+]1-c1ccc(Cl)cc1. The Bertz CT molecular complexity index is 668. The Labute approximate surface area is 123 Å². The van der Waals surface area contributed by atoms with E-state index in [1.54, 1.807) is 0 Å². The lowest BCUT2D eigenvalue weighted by atomic mass is 10.3. The number of thiazole rings is 1. The summed E-state index contributed by atoms with van der Waals surface area (Å²) >= 11 is 11.4. The molecule has 0 amide bonds. The van der Waals surface area contributed by atoms with Crippen LogP contribution in [0.2, 0.25) is 9.49 Å². The number of carboxylic acids is 1. The Kier molecular flexibility index (Phi) is 3.95. The molecule has 0 radical (unpaired) electrons. The van der Waals surface area contributed by atoms with Gasteiger partial charge in [0.1, 0.15) is 0 Å². The van der Waals surface area contributed by atoms with E-state index in [1.165, 1.54) is 24.3 Å². The van der Waals surface area contributed by atoms with Crippen LogP contribution in [-0.2, 0) is 6.18 Å². The Morgan fingerprint density at radius 1 is 1.20 bits per heavy atom. The molecule has 0 spiro atoms. The molecule has 1 aromatic heterocycles. The van der Waals surface area contributed by atoms with E-state index in [4.69, 9.17) is 28.3 Å². The van der Waals surface area contributed by atoms with Gasteiger partial charge in [0.15, 0.2) is 4.90 Å². The molecule has 0 fully saturated rings. The van der Waals surface area contributed by atoms with Crippen LogP contribution in [0.4, 0.5) is 13.2 Å². The Balaban J connectivity index is 2.73. The Morgan fingerprint density at radius 2 is 1.75 bits per heavy atom. The first-order chi connectivity index (χ1) is 9.21. The molecule has 1 unspecified atom stereocenters. The van der Waals surface area contributed by atoms with Crippen molar-refractivity contribution in [1.29, 1.82) is 0 Å². The maximum absolute atomic E-state index is 12.8. The van der Waals surface area contributed by atoms with Crippen molar-refractivity contribution >= 4 is 39.6 Å². The average Bonchev–Trinajstić information content (AvgIpc) is 2.68. The van der Waals surface area contributed by atoms with E-state index in [1.807, 2.05) is 0 Å². The molecule has 3 nitrogen and oxygen atoms in total. The molecule has 2 aromatic rings. The lowest BCUT2D eigenvalue weighted by molar-refractivity contribution is -0.141.